The van der Waals surface area contributed by atoms with Crippen LogP contribution >= 0.6 is 0 Å². The minimum absolute atomic E-state index is 0.334. The Hall–Kier alpha value is -3.13. The summed E-state index contributed by atoms with van der Waals surface area (Å²) in [5.41, 5.74) is 1.71. The fraction of sp³-hybridized carbons (Fsp3) is 0.211. The normalized spacial score (nSPS) is 9.50. The van der Waals surface area contributed by atoms with E-state index in [1.165, 1.54) is 21.3 Å². The molecule has 0 unspecified atom stereocenters. The Morgan fingerprint density at radius 1 is 0.833 bits per heavy atom. The molecule has 0 aliphatic heterocycles. The molecule has 2 rings (SSSR count). The number of rotatable bonds is 4. The van der Waals surface area contributed by atoms with Gasteiger partial charge in [0.15, 0.2) is 0 Å². The first-order chi connectivity index (χ1) is 11.6. The first kappa shape index (κ1) is 17.2. The molecule has 0 saturated heterocycles. The molecule has 0 aliphatic rings. The van der Waals surface area contributed by atoms with E-state index in [-0.39, 0.29) is 0 Å². The highest BCUT2D eigenvalue weighted by Crippen LogP contribution is 2.30. The molecule has 0 heterocycles. The second-order valence-corrected chi connectivity index (χ2v) is 4.73. The number of esters is 1. The Balaban J connectivity index is 2.45. The van der Waals surface area contributed by atoms with Crippen molar-refractivity contribution in [1.29, 1.82) is 0 Å². The van der Waals surface area contributed by atoms with E-state index >= 15 is 0 Å². The Morgan fingerprint density at radius 2 is 1.42 bits per heavy atom. The summed E-state index contributed by atoms with van der Waals surface area (Å²) in [4.78, 5) is 11.7. The summed E-state index contributed by atoms with van der Waals surface area (Å²) in [7, 11) is 5.95. The van der Waals surface area contributed by atoms with Crippen molar-refractivity contribution < 1.29 is 23.7 Å². The molecular formula is C19H18O5. The van der Waals surface area contributed by atoms with Gasteiger partial charge in [0.1, 0.15) is 22.8 Å². The Bertz CT molecular complexity index is 757. The van der Waals surface area contributed by atoms with E-state index in [1.54, 1.807) is 19.2 Å². The number of hydrogen-bond donors (Lipinski definition) is 0. The molecule has 0 fully saturated rings. The number of carbonyl (C=O) groups excluding carboxylic acids is 1. The maximum atomic E-state index is 11.7. The topological polar surface area (TPSA) is 54.0 Å². The second kappa shape index (κ2) is 7.93. The van der Waals surface area contributed by atoms with E-state index in [0.717, 1.165) is 11.3 Å². The number of methoxy groups -OCH3 is 4. The third-order valence-corrected chi connectivity index (χ3v) is 3.35. The standard InChI is InChI=1S/C19H18O5/c1-21-15-8-5-13(6-9-15)7-10-16-17(22-2)11-14(19(20)24-4)12-18(16)23-3/h5-6,8-9,11-12H,1-4H3. The van der Waals surface area contributed by atoms with Gasteiger partial charge in [0.05, 0.1) is 34.0 Å². The molecular weight excluding hydrogens is 308 g/mol. The molecule has 2 aromatic carbocycles. The van der Waals surface area contributed by atoms with E-state index in [9.17, 15) is 4.79 Å². The third-order valence-electron chi connectivity index (χ3n) is 3.35. The van der Waals surface area contributed by atoms with Crippen LogP contribution in [0.15, 0.2) is 36.4 Å². The van der Waals surface area contributed by atoms with Gasteiger partial charge in [-0.2, -0.15) is 0 Å². The summed E-state index contributed by atoms with van der Waals surface area (Å²) in [6.45, 7) is 0. The van der Waals surface area contributed by atoms with Gasteiger partial charge in [-0.05, 0) is 36.4 Å². The van der Waals surface area contributed by atoms with Gasteiger partial charge >= 0.3 is 5.97 Å². The zero-order chi connectivity index (χ0) is 17.5. The summed E-state index contributed by atoms with van der Waals surface area (Å²) in [5.74, 6) is 7.24. The highest BCUT2D eigenvalue weighted by Gasteiger charge is 2.15. The second-order valence-electron chi connectivity index (χ2n) is 4.73. The van der Waals surface area contributed by atoms with Crippen LogP contribution in [-0.2, 0) is 4.74 Å². The molecule has 5 heteroatoms. The Kier molecular flexibility index (Phi) is 5.69. The minimum atomic E-state index is -0.471. The number of ether oxygens (including phenoxy) is 4. The van der Waals surface area contributed by atoms with Crippen molar-refractivity contribution in [2.75, 3.05) is 28.4 Å². The Morgan fingerprint density at radius 3 is 1.88 bits per heavy atom. The van der Waals surface area contributed by atoms with Crippen LogP contribution in [0.2, 0.25) is 0 Å². The first-order valence-electron chi connectivity index (χ1n) is 7.13. The van der Waals surface area contributed by atoms with Gasteiger partial charge in [0.25, 0.3) is 0 Å². The van der Waals surface area contributed by atoms with Crippen LogP contribution in [0, 0.1) is 11.8 Å². The average molecular weight is 326 g/mol. The average Bonchev–Trinajstić information content (AvgIpc) is 2.65. The number of hydrogen-bond acceptors (Lipinski definition) is 5. The van der Waals surface area contributed by atoms with Gasteiger partial charge in [-0.1, -0.05) is 11.8 Å². The lowest BCUT2D eigenvalue weighted by Gasteiger charge is -2.11. The van der Waals surface area contributed by atoms with E-state index in [4.69, 9.17) is 18.9 Å². The summed E-state index contributed by atoms with van der Waals surface area (Å²) in [6, 6.07) is 10.5. The molecule has 0 aromatic heterocycles. The van der Waals surface area contributed by atoms with E-state index < -0.39 is 5.97 Å². The predicted octanol–water partition coefficient (Wildman–Crippen LogP) is 2.90. The minimum Gasteiger partial charge on any atom is -0.497 e. The highest BCUT2D eigenvalue weighted by atomic mass is 16.5. The molecule has 124 valence electrons. The molecule has 5 nitrogen and oxygen atoms in total. The summed E-state index contributed by atoms with van der Waals surface area (Å²) in [6.07, 6.45) is 0. The largest absolute Gasteiger partial charge is 0.497 e. The van der Waals surface area contributed by atoms with Crippen LogP contribution in [0.1, 0.15) is 21.5 Å². The predicted molar refractivity (Wildman–Crippen MR) is 89.9 cm³/mol. The monoisotopic (exact) mass is 326 g/mol. The lowest BCUT2D eigenvalue weighted by Crippen LogP contribution is -2.04. The van der Waals surface area contributed by atoms with E-state index in [2.05, 4.69) is 11.8 Å². The van der Waals surface area contributed by atoms with Crippen LogP contribution in [0.5, 0.6) is 17.2 Å². The van der Waals surface area contributed by atoms with E-state index in [1.807, 2.05) is 24.3 Å². The molecule has 0 aliphatic carbocycles. The van der Waals surface area contributed by atoms with Crippen molar-refractivity contribution in [3.8, 4) is 29.1 Å². The van der Waals surface area contributed by atoms with Crippen molar-refractivity contribution in [2.24, 2.45) is 0 Å². The molecule has 0 N–H and O–H groups in total. The zero-order valence-electron chi connectivity index (χ0n) is 14.0. The number of benzene rings is 2. The van der Waals surface area contributed by atoms with Crippen LogP contribution in [0.25, 0.3) is 0 Å². The SMILES string of the molecule is COC(=O)c1cc(OC)c(C#Cc2ccc(OC)cc2)c(OC)c1. The van der Waals surface area contributed by atoms with Crippen molar-refractivity contribution in [1.82, 2.24) is 0 Å². The summed E-state index contributed by atoms with van der Waals surface area (Å²) >= 11 is 0. The van der Waals surface area contributed by atoms with Crippen molar-refractivity contribution in [3.05, 3.63) is 53.1 Å². The van der Waals surface area contributed by atoms with E-state index in [0.29, 0.717) is 22.6 Å². The van der Waals surface area contributed by atoms with Gasteiger partial charge in [-0.3, -0.25) is 0 Å². The maximum Gasteiger partial charge on any atom is 0.338 e. The maximum absolute atomic E-state index is 11.7. The van der Waals surface area contributed by atoms with Crippen LogP contribution < -0.4 is 14.2 Å². The smallest absolute Gasteiger partial charge is 0.338 e. The summed E-state index contributed by atoms with van der Waals surface area (Å²) in [5, 5.41) is 0. The summed E-state index contributed by atoms with van der Waals surface area (Å²) < 4.78 is 20.5. The van der Waals surface area contributed by atoms with Gasteiger partial charge < -0.3 is 18.9 Å². The molecule has 24 heavy (non-hydrogen) atoms. The van der Waals surface area contributed by atoms with Gasteiger partial charge in [0.2, 0.25) is 0 Å². The van der Waals surface area contributed by atoms with Crippen molar-refractivity contribution >= 4 is 5.97 Å². The fourth-order valence-electron chi connectivity index (χ4n) is 2.08. The lowest BCUT2D eigenvalue weighted by molar-refractivity contribution is 0.0600. The lowest BCUT2D eigenvalue weighted by atomic mass is 10.1. The van der Waals surface area contributed by atoms with Gasteiger partial charge in [-0.15, -0.1) is 0 Å². The van der Waals surface area contributed by atoms with Crippen LogP contribution in [-0.4, -0.2) is 34.4 Å². The molecule has 0 atom stereocenters. The molecule has 0 radical (unpaired) electrons. The molecule has 0 spiro atoms. The van der Waals surface area contributed by atoms with Crippen LogP contribution in [0.3, 0.4) is 0 Å². The molecule has 2 aromatic rings. The van der Waals surface area contributed by atoms with Crippen molar-refractivity contribution in [2.45, 2.75) is 0 Å². The quantitative estimate of drug-likeness (QED) is 0.639. The van der Waals surface area contributed by atoms with Gasteiger partial charge in [-0.25, -0.2) is 4.79 Å². The number of carbonyl (C=O) groups is 1. The first-order valence-corrected chi connectivity index (χ1v) is 7.13. The third kappa shape index (κ3) is 3.79. The molecule has 0 bridgehead atoms. The molecule has 0 saturated carbocycles. The Labute approximate surface area is 141 Å². The fourth-order valence-corrected chi connectivity index (χ4v) is 2.08. The van der Waals surface area contributed by atoms with Crippen molar-refractivity contribution in [3.63, 3.8) is 0 Å². The van der Waals surface area contributed by atoms with Crippen LogP contribution in [0.4, 0.5) is 0 Å². The zero-order valence-corrected chi connectivity index (χ0v) is 14.0. The molecule has 0 amide bonds. The van der Waals surface area contributed by atoms with Gasteiger partial charge in [0, 0.05) is 5.56 Å². The highest BCUT2D eigenvalue weighted by molar-refractivity contribution is 5.91.